The van der Waals surface area contributed by atoms with E-state index in [-0.39, 0.29) is 18.2 Å². The van der Waals surface area contributed by atoms with Gasteiger partial charge in [0, 0.05) is 36.7 Å². The van der Waals surface area contributed by atoms with Crippen LogP contribution in [0.4, 0.5) is 14.5 Å². The molecule has 0 N–H and O–H groups in total. The summed E-state index contributed by atoms with van der Waals surface area (Å²) < 4.78 is 33.8. The Kier molecular flexibility index (Phi) is 4.42. The summed E-state index contributed by atoms with van der Waals surface area (Å²) in [5.41, 5.74) is 1.66. The minimum absolute atomic E-state index is 0.00758. The Bertz CT molecular complexity index is 882. The first-order chi connectivity index (χ1) is 12.7. The third-order valence-corrected chi connectivity index (χ3v) is 4.14. The SMILES string of the molecule is FC(F)c1cc(-n2cc(COc3ncccn3)nn2)ccc1N1CCC1. The molecule has 1 aromatic carbocycles. The zero-order valence-electron chi connectivity index (χ0n) is 13.8. The van der Waals surface area contributed by atoms with Crippen LogP contribution in [0, 0.1) is 0 Å². The fourth-order valence-electron chi connectivity index (χ4n) is 2.69. The van der Waals surface area contributed by atoms with E-state index in [0.29, 0.717) is 17.1 Å². The second-order valence-corrected chi connectivity index (χ2v) is 5.86. The molecule has 2 aromatic heterocycles. The number of alkyl halides is 2. The van der Waals surface area contributed by atoms with Gasteiger partial charge in [-0.15, -0.1) is 5.10 Å². The molecular weight excluding hydrogens is 342 g/mol. The maximum Gasteiger partial charge on any atom is 0.316 e. The number of benzene rings is 1. The summed E-state index contributed by atoms with van der Waals surface area (Å²) in [5, 5.41) is 8.00. The highest BCUT2D eigenvalue weighted by Gasteiger charge is 2.22. The van der Waals surface area contributed by atoms with Crippen molar-refractivity contribution in [3.05, 3.63) is 54.1 Å². The molecule has 4 rings (SSSR count). The Balaban J connectivity index is 1.52. The third kappa shape index (κ3) is 3.32. The average molecular weight is 358 g/mol. The summed E-state index contributed by atoms with van der Waals surface area (Å²) in [6.07, 6.45) is 3.26. The maximum atomic E-state index is 13.5. The van der Waals surface area contributed by atoms with Crippen LogP contribution >= 0.6 is 0 Å². The van der Waals surface area contributed by atoms with Gasteiger partial charge in [0.2, 0.25) is 0 Å². The zero-order valence-corrected chi connectivity index (χ0v) is 13.8. The lowest BCUT2D eigenvalue weighted by atomic mass is 10.1. The maximum absolute atomic E-state index is 13.5. The van der Waals surface area contributed by atoms with Crippen molar-refractivity contribution in [2.24, 2.45) is 0 Å². The van der Waals surface area contributed by atoms with Gasteiger partial charge in [0.05, 0.1) is 11.9 Å². The predicted molar refractivity (Wildman–Crippen MR) is 89.5 cm³/mol. The lowest BCUT2D eigenvalue weighted by molar-refractivity contribution is 0.151. The first-order valence-electron chi connectivity index (χ1n) is 8.19. The van der Waals surface area contributed by atoms with E-state index in [2.05, 4.69) is 20.3 Å². The molecule has 3 heterocycles. The number of aromatic nitrogens is 5. The molecule has 0 spiro atoms. The Morgan fingerprint density at radius 3 is 2.65 bits per heavy atom. The van der Waals surface area contributed by atoms with Gasteiger partial charge in [-0.2, -0.15) is 0 Å². The van der Waals surface area contributed by atoms with Gasteiger partial charge in [0.1, 0.15) is 12.3 Å². The van der Waals surface area contributed by atoms with Crippen LogP contribution in [-0.2, 0) is 6.61 Å². The standard InChI is InChI=1S/C17H16F2N6O/c18-16(19)14-9-13(3-4-15(14)24-7-2-8-24)25-10-12(22-23-25)11-26-17-20-5-1-6-21-17/h1,3-6,9-10,16H,2,7-8,11H2. The van der Waals surface area contributed by atoms with Crippen LogP contribution in [0.5, 0.6) is 6.01 Å². The van der Waals surface area contributed by atoms with Crippen molar-refractivity contribution >= 4 is 5.69 Å². The molecule has 0 atom stereocenters. The summed E-state index contributed by atoms with van der Waals surface area (Å²) in [6, 6.07) is 6.86. The molecule has 0 radical (unpaired) electrons. The molecule has 0 unspecified atom stereocenters. The topological polar surface area (TPSA) is 69.0 Å². The number of ether oxygens (including phenoxy) is 1. The van der Waals surface area contributed by atoms with Crippen molar-refractivity contribution in [1.82, 2.24) is 25.0 Å². The van der Waals surface area contributed by atoms with E-state index in [1.54, 1.807) is 36.8 Å². The number of halogens is 2. The fourth-order valence-corrected chi connectivity index (χ4v) is 2.69. The quantitative estimate of drug-likeness (QED) is 0.675. The minimum atomic E-state index is -2.55. The van der Waals surface area contributed by atoms with Gasteiger partial charge in [-0.1, -0.05) is 5.21 Å². The Morgan fingerprint density at radius 1 is 1.15 bits per heavy atom. The molecule has 7 nitrogen and oxygen atoms in total. The van der Waals surface area contributed by atoms with E-state index >= 15 is 0 Å². The van der Waals surface area contributed by atoms with Gasteiger partial charge in [0.15, 0.2) is 0 Å². The molecule has 0 aliphatic carbocycles. The number of hydrogen-bond acceptors (Lipinski definition) is 6. The largest absolute Gasteiger partial charge is 0.457 e. The number of nitrogens with zero attached hydrogens (tertiary/aromatic N) is 6. The summed E-state index contributed by atoms with van der Waals surface area (Å²) >= 11 is 0. The zero-order chi connectivity index (χ0) is 17.9. The van der Waals surface area contributed by atoms with E-state index in [9.17, 15) is 8.78 Å². The van der Waals surface area contributed by atoms with E-state index < -0.39 is 6.43 Å². The highest BCUT2D eigenvalue weighted by atomic mass is 19.3. The minimum Gasteiger partial charge on any atom is -0.457 e. The molecule has 0 saturated carbocycles. The third-order valence-electron chi connectivity index (χ3n) is 4.14. The van der Waals surface area contributed by atoms with E-state index in [4.69, 9.17) is 4.74 Å². The molecule has 26 heavy (non-hydrogen) atoms. The smallest absolute Gasteiger partial charge is 0.316 e. The Hall–Kier alpha value is -3.10. The Morgan fingerprint density at radius 2 is 1.96 bits per heavy atom. The van der Waals surface area contributed by atoms with Gasteiger partial charge < -0.3 is 9.64 Å². The summed E-state index contributed by atoms with van der Waals surface area (Å²) in [5.74, 6) is 0. The van der Waals surface area contributed by atoms with Crippen LogP contribution in [0.2, 0.25) is 0 Å². The molecule has 0 amide bonds. The Labute approximate surface area is 148 Å². The first-order valence-corrected chi connectivity index (χ1v) is 8.19. The second-order valence-electron chi connectivity index (χ2n) is 5.86. The van der Waals surface area contributed by atoms with Gasteiger partial charge in [-0.05, 0) is 30.7 Å². The number of hydrogen-bond donors (Lipinski definition) is 0. The second kappa shape index (κ2) is 7.03. The lowest BCUT2D eigenvalue weighted by Crippen LogP contribution is -2.37. The molecule has 1 saturated heterocycles. The van der Waals surface area contributed by atoms with E-state index in [1.165, 1.54) is 10.7 Å². The highest BCUT2D eigenvalue weighted by molar-refractivity contribution is 5.59. The molecule has 0 bridgehead atoms. The monoisotopic (exact) mass is 358 g/mol. The summed E-state index contributed by atoms with van der Waals surface area (Å²) in [6.45, 7) is 1.76. The molecule has 1 aliphatic rings. The van der Waals surface area contributed by atoms with Crippen LogP contribution in [-0.4, -0.2) is 38.1 Å². The van der Waals surface area contributed by atoms with Crippen LogP contribution in [0.3, 0.4) is 0 Å². The van der Waals surface area contributed by atoms with Crippen molar-refractivity contribution in [3.63, 3.8) is 0 Å². The molecular formula is C17H16F2N6O. The van der Waals surface area contributed by atoms with Gasteiger partial charge in [-0.25, -0.2) is 23.4 Å². The molecule has 1 aliphatic heterocycles. The number of rotatable bonds is 6. The molecule has 3 aromatic rings. The summed E-state index contributed by atoms with van der Waals surface area (Å²) in [4.78, 5) is 9.86. The number of anilines is 1. The molecule has 134 valence electrons. The van der Waals surface area contributed by atoms with Gasteiger partial charge >= 0.3 is 6.01 Å². The van der Waals surface area contributed by atoms with Crippen LogP contribution in [0.1, 0.15) is 24.1 Å². The predicted octanol–water partition coefficient (Wildman–Crippen LogP) is 2.78. The fraction of sp³-hybridized carbons (Fsp3) is 0.294. The van der Waals surface area contributed by atoms with Crippen molar-refractivity contribution in [3.8, 4) is 11.7 Å². The average Bonchev–Trinajstić information content (AvgIpc) is 3.08. The van der Waals surface area contributed by atoms with Crippen molar-refractivity contribution in [2.45, 2.75) is 19.5 Å². The van der Waals surface area contributed by atoms with Crippen molar-refractivity contribution < 1.29 is 13.5 Å². The molecule has 1 fully saturated rings. The van der Waals surface area contributed by atoms with Crippen LogP contribution in [0.15, 0.2) is 42.9 Å². The lowest BCUT2D eigenvalue weighted by Gasteiger charge is -2.34. The molecule has 9 heteroatoms. The van der Waals surface area contributed by atoms with Crippen molar-refractivity contribution in [1.29, 1.82) is 0 Å². The van der Waals surface area contributed by atoms with Crippen molar-refractivity contribution in [2.75, 3.05) is 18.0 Å². The van der Waals surface area contributed by atoms with Crippen LogP contribution in [0.25, 0.3) is 5.69 Å². The van der Waals surface area contributed by atoms with Gasteiger partial charge in [-0.3, -0.25) is 0 Å². The highest BCUT2D eigenvalue weighted by Crippen LogP contribution is 2.33. The first kappa shape index (κ1) is 16.4. The summed E-state index contributed by atoms with van der Waals surface area (Å²) in [7, 11) is 0. The van der Waals surface area contributed by atoms with E-state index in [0.717, 1.165) is 19.5 Å². The normalized spacial score (nSPS) is 13.7. The van der Waals surface area contributed by atoms with Gasteiger partial charge in [0.25, 0.3) is 6.43 Å². The van der Waals surface area contributed by atoms with Crippen LogP contribution < -0.4 is 9.64 Å². The van der Waals surface area contributed by atoms with E-state index in [1.807, 2.05) is 4.90 Å².